The second-order valence-electron chi connectivity index (χ2n) is 5.81. The molecule has 1 atom stereocenters. The van der Waals surface area contributed by atoms with Crippen molar-refractivity contribution in [1.82, 2.24) is 15.5 Å². The summed E-state index contributed by atoms with van der Waals surface area (Å²) in [4.78, 5) is 24.2. The highest BCUT2D eigenvalue weighted by molar-refractivity contribution is 6.31. The lowest BCUT2D eigenvalue weighted by molar-refractivity contribution is -0.141. The van der Waals surface area contributed by atoms with E-state index >= 15 is 0 Å². The number of H-pyrrole nitrogens is 1. The number of halogens is 1. The number of hydrogen-bond acceptors (Lipinski definition) is 4. The molecule has 6 nitrogen and oxygen atoms in total. The van der Waals surface area contributed by atoms with Gasteiger partial charge in [0.25, 0.3) is 5.91 Å². The first-order valence-corrected chi connectivity index (χ1v) is 8.13. The number of aromatic nitrogens is 2. The van der Waals surface area contributed by atoms with Crippen molar-refractivity contribution in [2.75, 3.05) is 7.11 Å². The SMILES string of the molecule is COC(=O)CC(NC(=O)c1cc(C2CC2)[nH]n1)c1ccccc1Cl. The first-order chi connectivity index (χ1) is 11.6. The summed E-state index contributed by atoms with van der Waals surface area (Å²) >= 11 is 6.20. The molecule has 1 aliphatic carbocycles. The maximum absolute atomic E-state index is 12.5. The molecule has 0 aliphatic heterocycles. The van der Waals surface area contributed by atoms with Crippen LogP contribution in [0.4, 0.5) is 0 Å². The van der Waals surface area contributed by atoms with Gasteiger partial charge in [-0.15, -0.1) is 0 Å². The van der Waals surface area contributed by atoms with E-state index in [1.54, 1.807) is 30.3 Å². The number of nitrogens with one attached hydrogen (secondary N) is 2. The zero-order chi connectivity index (χ0) is 17.1. The van der Waals surface area contributed by atoms with Crippen LogP contribution in [-0.4, -0.2) is 29.2 Å². The van der Waals surface area contributed by atoms with E-state index in [0.717, 1.165) is 18.5 Å². The van der Waals surface area contributed by atoms with Crippen LogP contribution in [0, 0.1) is 0 Å². The molecule has 1 aromatic carbocycles. The molecule has 2 N–H and O–H groups in total. The lowest BCUT2D eigenvalue weighted by Crippen LogP contribution is -2.31. The van der Waals surface area contributed by atoms with Crippen molar-refractivity contribution in [3.8, 4) is 0 Å². The molecule has 24 heavy (non-hydrogen) atoms. The Morgan fingerprint density at radius 3 is 2.83 bits per heavy atom. The first kappa shape index (κ1) is 16.5. The molecule has 1 heterocycles. The average molecular weight is 348 g/mol. The standard InChI is InChI=1S/C17H18ClN3O3/c1-24-16(22)9-14(11-4-2-3-5-12(11)18)19-17(23)15-8-13(20-21-15)10-6-7-10/h2-5,8,10,14H,6-7,9H2,1H3,(H,19,23)(H,20,21). The summed E-state index contributed by atoms with van der Waals surface area (Å²) in [7, 11) is 1.31. The third-order valence-corrected chi connectivity index (χ3v) is 4.38. The van der Waals surface area contributed by atoms with Crippen molar-refractivity contribution < 1.29 is 14.3 Å². The number of ether oxygens (including phenoxy) is 1. The molecule has 0 bridgehead atoms. The van der Waals surface area contributed by atoms with Crippen LogP contribution in [0.3, 0.4) is 0 Å². The number of rotatable bonds is 6. The van der Waals surface area contributed by atoms with Gasteiger partial charge >= 0.3 is 5.97 Å². The van der Waals surface area contributed by atoms with Gasteiger partial charge in [-0.25, -0.2) is 0 Å². The Labute approximate surface area is 144 Å². The fraction of sp³-hybridized carbons (Fsp3) is 0.353. The Kier molecular flexibility index (Phi) is 4.85. The molecule has 126 valence electrons. The lowest BCUT2D eigenvalue weighted by Gasteiger charge is -2.18. The summed E-state index contributed by atoms with van der Waals surface area (Å²) in [5, 5.41) is 10.3. The minimum Gasteiger partial charge on any atom is -0.469 e. The van der Waals surface area contributed by atoms with Gasteiger partial charge in [0.05, 0.1) is 19.6 Å². The Balaban J connectivity index is 1.78. The number of hydrogen-bond donors (Lipinski definition) is 2. The van der Waals surface area contributed by atoms with Crippen molar-refractivity contribution in [1.29, 1.82) is 0 Å². The molecular weight excluding hydrogens is 330 g/mol. The van der Waals surface area contributed by atoms with E-state index < -0.39 is 12.0 Å². The van der Waals surface area contributed by atoms with Crippen LogP contribution in [0.25, 0.3) is 0 Å². The van der Waals surface area contributed by atoms with Gasteiger partial charge in [0, 0.05) is 16.6 Å². The molecule has 7 heteroatoms. The molecule has 1 aliphatic rings. The molecule has 0 radical (unpaired) electrons. The van der Waals surface area contributed by atoms with Crippen LogP contribution in [0.5, 0.6) is 0 Å². The molecular formula is C17H18ClN3O3. The largest absolute Gasteiger partial charge is 0.469 e. The van der Waals surface area contributed by atoms with Gasteiger partial charge in [-0.3, -0.25) is 14.7 Å². The molecule has 2 aromatic rings. The monoisotopic (exact) mass is 347 g/mol. The van der Waals surface area contributed by atoms with E-state index in [0.29, 0.717) is 22.2 Å². The molecule has 0 saturated heterocycles. The van der Waals surface area contributed by atoms with Gasteiger partial charge in [-0.2, -0.15) is 5.10 Å². The van der Waals surface area contributed by atoms with Gasteiger partial charge in [0.1, 0.15) is 5.69 Å². The highest BCUT2D eigenvalue weighted by Crippen LogP contribution is 2.39. The maximum Gasteiger partial charge on any atom is 0.307 e. The van der Waals surface area contributed by atoms with Crippen LogP contribution < -0.4 is 5.32 Å². The average Bonchev–Trinajstić information content (AvgIpc) is 3.31. The minimum absolute atomic E-state index is 0.00806. The first-order valence-electron chi connectivity index (χ1n) is 7.76. The van der Waals surface area contributed by atoms with E-state index in [-0.39, 0.29) is 12.3 Å². The summed E-state index contributed by atoms with van der Waals surface area (Å²) < 4.78 is 4.72. The van der Waals surface area contributed by atoms with Gasteiger partial charge in [-0.1, -0.05) is 29.8 Å². The molecule has 1 saturated carbocycles. The molecule has 1 amide bonds. The normalized spacial score (nSPS) is 14.9. The van der Waals surface area contributed by atoms with Gasteiger partial charge in [0.2, 0.25) is 0 Å². The summed E-state index contributed by atoms with van der Waals surface area (Å²) in [6, 6.07) is 8.26. The van der Waals surface area contributed by atoms with Gasteiger partial charge < -0.3 is 10.1 Å². The zero-order valence-corrected chi connectivity index (χ0v) is 14.0. The predicted octanol–water partition coefficient (Wildman–Crippen LogP) is 2.97. The summed E-state index contributed by atoms with van der Waals surface area (Å²) in [6.07, 6.45) is 2.23. The number of carbonyl (C=O) groups is 2. The molecule has 3 rings (SSSR count). The number of carbonyl (C=O) groups excluding carboxylic acids is 2. The minimum atomic E-state index is -0.584. The highest BCUT2D eigenvalue weighted by Gasteiger charge is 2.27. The second kappa shape index (κ2) is 7.05. The van der Waals surface area contributed by atoms with Crippen molar-refractivity contribution in [3.63, 3.8) is 0 Å². The van der Waals surface area contributed by atoms with Gasteiger partial charge in [0.15, 0.2) is 0 Å². The lowest BCUT2D eigenvalue weighted by atomic mass is 10.0. The summed E-state index contributed by atoms with van der Waals surface area (Å²) in [5.74, 6) is -0.304. The Hall–Kier alpha value is -2.34. The quantitative estimate of drug-likeness (QED) is 0.787. The van der Waals surface area contributed by atoms with E-state index in [9.17, 15) is 9.59 Å². The third kappa shape index (κ3) is 3.76. The van der Waals surface area contributed by atoms with Crippen molar-refractivity contribution >= 4 is 23.5 Å². The number of nitrogens with zero attached hydrogens (tertiary/aromatic N) is 1. The van der Waals surface area contributed by atoms with E-state index in [2.05, 4.69) is 15.5 Å². The number of esters is 1. The summed E-state index contributed by atoms with van der Waals surface area (Å²) in [5.41, 5.74) is 1.94. The van der Waals surface area contributed by atoms with Crippen LogP contribution in [0.15, 0.2) is 30.3 Å². The summed E-state index contributed by atoms with van der Waals surface area (Å²) in [6.45, 7) is 0. The van der Waals surface area contributed by atoms with Crippen molar-refractivity contribution in [2.45, 2.75) is 31.2 Å². The van der Waals surface area contributed by atoms with Crippen LogP contribution >= 0.6 is 11.6 Å². The fourth-order valence-electron chi connectivity index (χ4n) is 2.54. The number of methoxy groups -OCH3 is 1. The maximum atomic E-state index is 12.5. The van der Waals surface area contributed by atoms with E-state index in [1.807, 2.05) is 0 Å². The van der Waals surface area contributed by atoms with Crippen molar-refractivity contribution in [3.05, 3.63) is 52.3 Å². The fourth-order valence-corrected chi connectivity index (χ4v) is 2.80. The van der Waals surface area contributed by atoms with Crippen LogP contribution in [0.2, 0.25) is 5.02 Å². The second-order valence-corrected chi connectivity index (χ2v) is 6.22. The Bertz CT molecular complexity index is 755. The van der Waals surface area contributed by atoms with E-state index in [4.69, 9.17) is 16.3 Å². The van der Waals surface area contributed by atoms with Crippen LogP contribution in [-0.2, 0) is 9.53 Å². The Morgan fingerprint density at radius 1 is 1.42 bits per heavy atom. The molecule has 1 unspecified atom stereocenters. The molecule has 1 fully saturated rings. The number of amides is 1. The van der Waals surface area contributed by atoms with E-state index in [1.165, 1.54) is 7.11 Å². The van der Waals surface area contributed by atoms with Gasteiger partial charge in [-0.05, 0) is 30.5 Å². The topological polar surface area (TPSA) is 84.1 Å². The molecule has 1 aromatic heterocycles. The highest BCUT2D eigenvalue weighted by atomic mass is 35.5. The smallest absolute Gasteiger partial charge is 0.307 e. The number of benzene rings is 1. The zero-order valence-electron chi connectivity index (χ0n) is 13.2. The predicted molar refractivity (Wildman–Crippen MR) is 88.9 cm³/mol. The molecule has 0 spiro atoms. The van der Waals surface area contributed by atoms with Crippen LogP contribution in [0.1, 0.15) is 53.0 Å². The van der Waals surface area contributed by atoms with Crippen molar-refractivity contribution in [2.24, 2.45) is 0 Å². The Morgan fingerprint density at radius 2 is 2.17 bits per heavy atom. The number of aromatic amines is 1. The third-order valence-electron chi connectivity index (χ3n) is 4.03.